The predicted molar refractivity (Wildman–Crippen MR) is 130 cm³/mol. The summed E-state index contributed by atoms with van der Waals surface area (Å²) in [5.74, 6) is 1.82. The lowest BCUT2D eigenvalue weighted by Gasteiger charge is -2.38. The summed E-state index contributed by atoms with van der Waals surface area (Å²) < 4.78 is 80.6. The second-order valence-electron chi connectivity index (χ2n) is 11.3. The molecule has 6 nitrogen and oxygen atoms in total. The van der Waals surface area contributed by atoms with Crippen molar-refractivity contribution < 1.29 is 26.3 Å². The van der Waals surface area contributed by atoms with E-state index in [-0.39, 0.29) is 23.3 Å². The zero-order valence-electron chi connectivity index (χ0n) is 20.8. The van der Waals surface area contributed by atoms with Crippen LogP contribution in [0.2, 0.25) is 0 Å². The average molecular weight is 549 g/mol. The molecule has 4 heterocycles. The summed E-state index contributed by atoms with van der Waals surface area (Å²) >= 11 is 0. The van der Waals surface area contributed by atoms with Crippen molar-refractivity contribution in [2.45, 2.75) is 56.5 Å². The van der Waals surface area contributed by atoms with E-state index in [1.54, 1.807) is 6.07 Å². The lowest BCUT2D eigenvalue weighted by Crippen LogP contribution is -2.47. The molecule has 0 radical (unpaired) electrons. The van der Waals surface area contributed by atoms with Gasteiger partial charge in [0.1, 0.15) is 11.5 Å². The molecule has 206 valence electrons. The number of nitrogens with one attached hydrogen (secondary N) is 1. The van der Waals surface area contributed by atoms with Crippen molar-refractivity contribution in [1.82, 2.24) is 19.7 Å². The molecular formula is C27H26F6N6. The number of alkyl halides is 6. The molecule has 0 bridgehead atoms. The first-order valence-electron chi connectivity index (χ1n) is 13.2. The van der Waals surface area contributed by atoms with E-state index in [4.69, 9.17) is 10.1 Å². The molecule has 2 aliphatic heterocycles. The summed E-state index contributed by atoms with van der Waals surface area (Å²) in [7, 11) is 0. The van der Waals surface area contributed by atoms with Gasteiger partial charge in [-0.05, 0) is 60.4 Å². The maximum atomic E-state index is 13.2. The molecule has 12 heteroatoms. The molecule has 1 spiro atoms. The minimum absolute atomic E-state index is 0.124. The summed E-state index contributed by atoms with van der Waals surface area (Å²) in [4.78, 5) is 10.3. The van der Waals surface area contributed by atoms with E-state index in [0.717, 1.165) is 61.8 Å². The predicted octanol–water partition coefficient (Wildman–Crippen LogP) is 5.96. The number of aromatic nitrogens is 4. The van der Waals surface area contributed by atoms with Gasteiger partial charge in [0.15, 0.2) is 0 Å². The zero-order chi connectivity index (χ0) is 27.2. The maximum absolute atomic E-state index is 13.2. The van der Waals surface area contributed by atoms with E-state index in [1.807, 2.05) is 9.58 Å². The van der Waals surface area contributed by atoms with Crippen molar-refractivity contribution in [2.24, 2.45) is 17.3 Å². The minimum atomic E-state index is -4.48. The summed E-state index contributed by atoms with van der Waals surface area (Å²) in [6.45, 7) is 2.07. The van der Waals surface area contributed by atoms with Crippen LogP contribution in [0.25, 0.3) is 0 Å². The van der Waals surface area contributed by atoms with Gasteiger partial charge < -0.3 is 10.2 Å². The number of benzene rings is 1. The van der Waals surface area contributed by atoms with Gasteiger partial charge in [-0.2, -0.15) is 31.3 Å². The van der Waals surface area contributed by atoms with Crippen LogP contribution in [0.5, 0.6) is 0 Å². The van der Waals surface area contributed by atoms with E-state index < -0.39 is 23.6 Å². The largest absolute Gasteiger partial charge is 0.433 e. The lowest BCUT2D eigenvalue weighted by molar-refractivity contribution is -0.141. The van der Waals surface area contributed by atoms with E-state index in [1.165, 1.54) is 18.3 Å². The molecule has 2 aliphatic carbocycles. The molecule has 39 heavy (non-hydrogen) atoms. The summed E-state index contributed by atoms with van der Waals surface area (Å²) in [5.41, 5.74) is -0.105. The second kappa shape index (κ2) is 8.34. The van der Waals surface area contributed by atoms with Crippen LogP contribution < -0.4 is 10.2 Å². The van der Waals surface area contributed by atoms with Gasteiger partial charge in [-0.15, -0.1) is 5.10 Å². The Kier molecular flexibility index (Phi) is 5.29. The first-order valence-corrected chi connectivity index (χ1v) is 13.2. The van der Waals surface area contributed by atoms with Crippen molar-refractivity contribution in [3.63, 3.8) is 0 Å². The lowest BCUT2D eigenvalue weighted by atomic mass is 9.71. The molecule has 4 aliphatic rings. The Bertz CT molecular complexity index is 1400. The van der Waals surface area contributed by atoms with Crippen molar-refractivity contribution in [1.29, 1.82) is 0 Å². The molecular weight excluding hydrogens is 522 g/mol. The first kappa shape index (κ1) is 24.7. The van der Waals surface area contributed by atoms with Gasteiger partial charge in [-0.25, -0.2) is 4.68 Å². The van der Waals surface area contributed by atoms with Crippen LogP contribution in [0.4, 0.5) is 38.0 Å². The zero-order valence-corrected chi connectivity index (χ0v) is 20.8. The number of pyridine rings is 1. The first-order chi connectivity index (χ1) is 18.5. The quantitative estimate of drug-likeness (QED) is 0.408. The van der Waals surface area contributed by atoms with E-state index in [0.29, 0.717) is 30.6 Å². The van der Waals surface area contributed by atoms with Crippen LogP contribution >= 0.6 is 0 Å². The number of aryl methyl sites for hydroxylation is 1. The molecule has 3 fully saturated rings. The highest BCUT2D eigenvalue weighted by molar-refractivity contribution is 5.53. The van der Waals surface area contributed by atoms with Gasteiger partial charge in [0, 0.05) is 49.4 Å². The SMILES string of the molecule is FC(F)(F)c1ccc(C2CCCCn3nc(N[C@@H]4C5CC56CN(c5ccnc(C(F)(F)F)c5)C[C@@H]46)nc32)cc1. The molecule has 1 saturated heterocycles. The van der Waals surface area contributed by atoms with Crippen molar-refractivity contribution in [3.8, 4) is 0 Å². The Hall–Kier alpha value is -3.31. The average Bonchev–Trinajstić information content (AvgIpc) is 3.25. The summed E-state index contributed by atoms with van der Waals surface area (Å²) in [5, 5.41) is 8.22. The molecule has 5 atom stereocenters. The second-order valence-corrected chi connectivity index (χ2v) is 11.3. The third-order valence-electron chi connectivity index (χ3n) is 9.15. The summed E-state index contributed by atoms with van der Waals surface area (Å²) in [6, 6.07) is 8.19. The van der Waals surface area contributed by atoms with E-state index >= 15 is 0 Å². The molecule has 3 aromatic rings. The van der Waals surface area contributed by atoms with Crippen molar-refractivity contribution >= 4 is 11.6 Å². The van der Waals surface area contributed by atoms with Crippen molar-refractivity contribution in [3.05, 3.63) is 65.2 Å². The van der Waals surface area contributed by atoms with Gasteiger partial charge in [-0.3, -0.25) is 4.98 Å². The molecule has 2 saturated carbocycles. The molecule has 7 rings (SSSR count). The Morgan fingerprint density at radius 2 is 1.74 bits per heavy atom. The molecule has 3 unspecified atom stereocenters. The maximum Gasteiger partial charge on any atom is 0.433 e. The third-order valence-corrected chi connectivity index (χ3v) is 9.15. The normalized spacial score (nSPS) is 29.6. The smallest absolute Gasteiger partial charge is 0.370 e. The van der Waals surface area contributed by atoms with Gasteiger partial charge in [0.25, 0.3) is 0 Å². The molecule has 0 amide bonds. The number of nitrogens with zero attached hydrogens (tertiary/aromatic N) is 5. The molecule has 2 aromatic heterocycles. The Labute approximate surface area is 220 Å². The number of halogens is 6. The fourth-order valence-electron chi connectivity index (χ4n) is 7.15. The molecule has 1 aromatic carbocycles. The standard InChI is InChI=1S/C27H26F6N6/c28-26(29,30)16-6-4-15(5-7-16)18-3-1-2-10-39-23(18)36-24(37-39)35-22-19-12-25(19)14-38(13-20(22)25)17-8-9-34-21(11-17)27(31,32)33/h4-9,11,18-20,22H,1-3,10,12-14H2,(H,35,37)/t18?,19?,20-,22+,25?/m0/s1. The number of fused-ring (bicyclic) bond motifs is 1. The van der Waals surface area contributed by atoms with Gasteiger partial charge in [-0.1, -0.05) is 18.6 Å². The fraction of sp³-hybridized carbons (Fsp3) is 0.519. The third kappa shape index (κ3) is 4.05. The van der Waals surface area contributed by atoms with Crippen LogP contribution in [-0.4, -0.2) is 38.9 Å². The number of anilines is 2. The Morgan fingerprint density at radius 1 is 0.949 bits per heavy atom. The van der Waals surface area contributed by atoms with E-state index in [2.05, 4.69) is 10.3 Å². The minimum Gasteiger partial charge on any atom is -0.370 e. The van der Waals surface area contributed by atoms with Gasteiger partial charge >= 0.3 is 12.4 Å². The van der Waals surface area contributed by atoms with Crippen LogP contribution in [0.15, 0.2) is 42.6 Å². The fourth-order valence-corrected chi connectivity index (χ4v) is 7.15. The highest BCUT2D eigenvalue weighted by atomic mass is 19.4. The van der Waals surface area contributed by atoms with Gasteiger partial charge in [0.2, 0.25) is 5.95 Å². The summed E-state index contributed by atoms with van der Waals surface area (Å²) in [6.07, 6.45) is -4.02. The van der Waals surface area contributed by atoms with Crippen molar-refractivity contribution in [2.75, 3.05) is 23.3 Å². The van der Waals surface area contributed by atoms with Gasteiger partial charge in [0.05, 0.1) is 5.56 Å². The van der Waals surface area contributed by atoms with Crippen LogP contribution in [0, 0.1) is 17.3 Å². The Balaban J connectivity index is 1.08. The highest BCUT2D eigenvalue weighted by Crippen LogP contribution is 2.74. The number of hydrogen-bond acceptors (Lipinski definition) is 5. The topological polar surface area (TPSA) is 58.9 Å². The van der Waals surface area contributed by atoms with Crippen LogP contribution in [0.3, 0.4) is 0 Å². The number of hydrogen-bond donors (Lipinski definition) is 1. The van der Waals surface area contributed by atoms with Crippen LogP contribution in [-0.2, 0) is 18.9 Å². The highest BCUT2D eigenvalue weighted by Gasteiger charge is 2.76. The Morgan fingerprint density at radius 3 is 2.49 bits per heavy atom. The number of rotatable bonds is 4. The monoisotopic (exact) mass is 548 g/mol. The van der Waals surface area contributed by atoms with Crippen LogP contribution in [0.1, 0.15) is 54.2 Å². The molecule has 1 N–H and O–H groups in total. The van der Waals surface area contributed by atoms with E-state index in [9.17, 15) is 26.3 Å².